The van der Waals surface area contributed by atoms with Gasteiger partial charge in [0.1, 0.15) is 6.61 Å². The highest BCUT2D eigenvalue weighted by atomic mass is 32.1. The second-order valence-electron chi connectivity index (χ2n) is 3.86. The molecule has 1 rings (SSSR count). The van der Waals surface area contributed by atoms with Crippen LogP contribution in [0.5, 0.6) is 0 Å². The average Bonchev–Trinajstić information content (AvgIpc) is 2.70. The molecule has 0 saturated heterocycles. The molecule has 3 nitrogen and oxygen atoms in total. The van der Waals surface area contributed by atoms with Gasteiger partial charge >= 0.3 is 0 Å². The van der Waals surface area contributed by atoms with Crippen molar-refractivity contribution in [1.82, 2.24) is 5.32 Å². The highest BCUT2D eigenvalue weighted by molar-refractivity contribution is 7.10. The van der Waals surface area contributed by atoms with Gasteiger partial charge < -0.3 is 10.1 Å². The van der Waals surface area contributed by atoms with Crippen LogP contribution >= 0.6 is 11.3 Å². The summed E-state index contributed by atoms with van der Waals surface area (Å²) in [6, 6.07) is 2.11. The van der Waals surface area contributed by atoms with E-state index in [0.29, 0.717) is 6.54 Å². The summed E-state index contributed by atoms with van der Waals surface area (Å²) in [6.07, 6.45) is 1.11. The lowest BCUT2D eigenvalue weighted by atomic mass is 10.2. The molecular weight excluding hydrogens is 222 g/mol. The fraction of sp³-hybridized carbons (Fsp3) is 0.583. The molecule has 0 aliphatic rings. The van der Waals surface area contributed by atoms with Crippen molar-refractivity contribution in [2.24, 2.45) is 0 Å². The Bertz CT molecular complexity index is 334. The molecule has 0 bridgehead atoms. The zero-order valence-electron chi connectivity index (χ0n) is 10.1. The number of rotatable bonds is 6. The molecule has 0 spiro atoms. The van der Waals surface area contributed by atoms with Crippen LogP contribution in [0.15, 0.2) is 11.4 Å². The van der Waals surface area contributed by atoms with E-state index in [0.717, 1.165) is 6.42 Å². The lowest BCUT2D eigenvalue weighted by Gasteiger charge is -2.08. The summed E-state index contributed by atoms with van der Waals surface area (Å²) < 4.78 is 5.22. The van der Waals surface area contributed by atoms with Gasteiger partial charge in [0.25, 0.3) is 0 Å². The third-order valence-corrected chi connectivity index (χ3v) is 3.18. The van der Waals surface area contributed by atoms with Crippen molar-refractivity contribution in [2.45, 2.75) is 39.8 Å². The van der Waals surface area contributed by atoms with Crippen molar-refractivity contribution in [3.05, 3.63) is 21.9 Å². The van der Waals surface area contributed by atoms with E-state index in [-0.39, 0.29) is 18.6 Å². The maximum absolute atomic E-state index is 11.4. The summed E-state index contributed by atoms with van der Waals surface area (Å²) in [5.41, 5.74) is 1.31. The number of hydrogen-bond acceptors (Lipinski definition) is 3. The Balaban J connectivity index is 2.31. The molecule has 16 heavy (non-hydrogen) atoms. The third kappa shape index (κ3) is 4.33. The van der Waals surface area contributed by atoms with Gasteiger partial charge in [0.05, 0.1) is 12.6 Å². The van der Waals surface area contributed by atoms with Crippen LogP contribution in [0.3, 0.4) is 0 Å². The van der Waals surface area contributed by atoms with Crippen LogP contribution in [0.1, 0.15) is 31.2 Å². The SMILES string of the molecule is CCc1ccsc1CNC(=O)COC(C)C. The molecule has 1 aromatic rings. The molecule has 1 amide bonds. The molecule has 0 atom stereocenters. The summed E-state index contributed by atoms with van der Waals surface area (Å²) in [5, 5.41) is 4.92. The number of thiophene rings is 1. The van der Waals surface area contributed by atoms with Crippen molar-refractivity contribution < 1.29 is 9.53 Å². The summed E-state index contributed by atoms with van der Waals surface area (Å²) in [7, 11) is 0. The third-order valence-electron chi connectivity index (χ3n) is 2.21. The normalized spacial score (nSPS) is 10.8. The van der Waals surface area contributed by atoms with Gasteiger partial charge in [0.2, 0.25) is 5.91 Å². The summed E-state index contributed by atoms with van der Waals surface area (Å²) in [6.45, 7) is 6.71. The number of amides is 1. The van der Waals surface area contributed by atoms with Crippen LogP contribution in [-0.2, 0) is 22.5 Å². The lowest BCUT2D eigenvalue weighted by Crippen LogP contribution is -2.28. The second kappa shape index (κ2) is 6.66. The van der Waals surface area contributed by atoms with E-state index >= 15 is 0 Å². The number of ether oxygens (including phenoxy) is 1. The first-order chi connectivity index (χ1) is 7.63. The van der Waals surface area contributed by atoms with Gasteiger partial charge in [-0.1, -0.05) is 6.92 Å². The van der Waals surface area contributed by atoms with Gasteiger partial charge in [-0.25, -0.2) is 0 Å². The van der Waals surface area contributed by atoms with Gasteiger partial charge in [-0.2, -0.15) is 0 Å². The van der Waals surface area contributed by atoms with Crippen LogP contribution in [0.2, 0.25) is 0 Å². The number of hydrogen-bond donors (Lipinski definition) is 1. The van der Waals surface area contributed by atoms with E-state index in [9.17, 15) is 4.79 Å². The van der Waals surface area contributed by atoms with Crippen LogP contribution in [0.4, 0.5) is 0 Å². The number of aryl methyl sites for hydroxylation is 1. The van der Waals surface area contributed by atoms with E-state index in [1.807, 2.05) is 13.8 Å². The predicted molar refractivity (Wildman–Crippen MR) is 66.6 cm³/mol. The molecule has 4 heteroatoms. The molecule has 1 heterocycles. The lowest BCUT2D eigenvalue weighted by molar-refractivity contribution is -0.127. The second-order valence-corrected chi connectivity index (χ2v) is 4.86. The van der Waals surface area contributed by atoms with E-state index in [1.54, 1.807) is 11.3 Å². The summed E-state index contributed by atoms with van der Waals surface area (Å²) in [5.74, 6) is -0.0517. The van der Waals surface area contributed by atoms with E-state index in [2.05, 4.69) is 23.7 Å². The van der Waals surface area contributed by atoms with Crippen LogP contribution in [0, 0.1) is 0 Å². The molecule has 0 aliphatic carbocycles. The Morgan fingerprint density at radius 2 is 2.31 bits per heavy atom. The molecule has 1 aromatic heterocycles. The van der Waals surface area contributed by atoms with Gasteiger partial charge in [-0.3, -0.25) is 4.79 Å². The minimum absolute atomic E-state index is 0.0517. The van der Waals surface area contributed by atoms with Gasteiger partial charge in [-0.15, -0.1) is 11.3 Å². The molecule has 0 unspecified atom stereocenters. The van der Waals surface area contributed by atoms with Crippen LogP contribution < -0.4 is 5.32 Å². The van der Waals surface area contributed by atoms with Crippen molar-refractivity contribution in [3.63, 3.8) is 0 Å². The molecule has 0 aromatic carbocycles. The largest absolute Gasteiger partial charge is 0.369 e. The monoisotopic (exact) mass is 241 g/mol. The van der Waals surface area contributed by atoms with Gasteiger partial charge in [-0.05, 0) is 37.3 Å². The van der Waals surface area contributed by atoms with Crippen molar-refractivity contribution in [3.8, 4) is 0 Å². The molecule has 90 valence electrons. The number of carbonyl (C=O) groups excluding carboxylic acids is 1. The minimum atomic E-state index is -0.0517. The Morgan fingerprint density at radius 1 is 1.56 bits per heavy atom. The topological polar surface area (TPSA) is 38.3 Å². The fourth-order valence-corrected chi connectivity index (χ4v) is 2.23. The average molecular weight is 241 g/mol. The quantitative estimate of drug-likeness (QED) is 0.830. The van der Waals surface area contributed by atoms with Gasteiger partial charge in [0, 0.05) is 4.88 Å². The molecule has 0 aliphatic heterocycles. The zero-order chi connectivity index (χ0) is 12.0. The Morgan fingerprint density at radius 3 is 2.94 bits per heavy atom. The van der Waals surface area contributed by atoms with E-state index in [4.69, 9.17) is 4.74 Å². The number of nitrogens with one attached hydrogen (secondary N) is 1. The highest BCUT2D eigenvalue weighted by Crippen LogP contribution is 2.16. The van der Waals surface area contributed by atoms with Crippen LogP contribution in [-0.4, -0.2) is 18.6 Å². The first-order valence-corrected chi connectivity index (χ1v) is 6.45. The van der Waals surface area contributed by atoms with Crippen molar-refractivity contribution >= 4 is 17.2 Å². The van der Waals surface area contributed by atoms with Crippen molar-refractivity contribution in [1.29, 1.82) is 0 Å². The maximum atomic E-state index is 11.4. The molecular formula is C12H19NO2S. The molecule has 1 N–H and O–H groups in total. The Hall–Kier alpha value is -0.870. The fourth-order valence-electron chi connectivity index (χ4n) is 1.31. The minimum Gasteiger partial charge on any atom is -0.369 e. The predicted octanol–water partition coefficient (Wildman–Crippen LogP) is 2.35. The van der Waals surface area contributed by atoms with Gasteiger partial charge in [0.15, 0.2) is 0 Å². The van der Waals surface area contributed by atoms with Crippen LogP contribution in [0.25, 0.3) is 0 Å². The van der Waals surface area contributed by atoms with Crippen molar-refractivity contribution in [2.75, 3.05) is 6.61 Å². The Labute approximate surface area is 101 Å². The highest BCUT2D eigenvalue weighted by Gasteiger charge is 2.06. The first kappa shape index (κ1) is 13.2. The summed E-state index contributed by atoms with van der Waals surface area (Å²) >= 11 is 1.68. The zero-order valence-corrected chi connectivity index (χ0v) is 10.9. The number of carbonyl (C=O) groups is 1. The molecule has 0 saturated carbocycles. The molecule has 0 radical (unpaired) electrons. The maximum Gasteiger partial charge on any atom is 0.246 e. The van der Waals surface area contributed by atoms with E-state index < -0.39 is 0 Å². The summed E-state index contributed by atoms with van der Waals surface area (Å²) in [4.78, 5) is 12.6. The standard InChI is InChI=1S/C12H19NO2S/c1-4-10-5-6-16-11(10)7-13-12(14)8-15-9(2)3/h5-6,9H,4,7-8H2,1-3H3,(H,13,14). The van der Waals surface area contributed by atoms with E-state index in [1.165, 1.54) is 10.4 Å². The smallest absolute Gasteiger partial charge is 0.246 e. The molecule has 0 fully saturated rings. The Kier molecular flexibility index (Phi) is 5.49. The first-order valence-electron chi connectivity index (χ1n) is 5.57.